The maximum absolute atomic E-state index is 13.2. The fourth-order valence-electron chi connectivity index (χ4n) is 3.43. The van der Waals surface area contributed by atoms with Crippen LogP contribution in [-0.2, 0) is 6.42 Å². The van der Waals surface area contributed by atoms with Crippen LogP contribution < -0.4 is 4.74 Å². The Labute approximate surface area is 171 Å². The highest BCUT2D eigenvalue weighted by Gasteiger charge is 2.23. The molecule has 8 heteroatoms. The van der Waals surface area contributed by atoms with Gasteiger partial charge >= 0.3 is 0 Å². The molecule has 0 bridgehead atoms. The van der Waals surface area contributed by atoms with Gasteiger partial charge in [0.2, 0.25) is 5.95 Å². The number of nitrogens with zero attached hydrogens (tertiary/aromatic N) is 5. The van der Waals surface area contributed by atoms with E-state index in [4.69, 9.17) is 9.72 Å². The van der Waals surface area contributed by atoms with Gasteiger partial charge in [-0.25, -0.2) is 19.6 Å². The number of benzene rings is 1. The molecule has 4 heterocycles. The first-order valence-electron chi connectivity index (χ1n) is 9.39. The summed E-state index contributed by atoms with van der Waals surface area (Å²) in [7, 11) is 0. The molecule has 146 valence electrons. The highest BCUT2D eigenvalue weighted by atomic mass is 32.1. The maximum Gasteiger partial charge on any atom is 0.212 e. The summed E-state index contributed by atoms with van der Waals surface area (Å²) >= 11 is 1.63. The smallest absolute Gasteiger partial charge is 0.212 e. The van der Waals surface area contributed by atoms with Gasteiger partial charge in [0.15, 0.2) is 10.8 Å². The Morgan fingerprint density at radius 3 is 2.79 bits per heavy atom. The molecule has 1 aliphatic rings. The van der Waals surface area contributed by atoms with Crippen LogP contribution >= 0.6 is 11.3 Å². The van der Waals surface area contributed by atoms with Crippen LogP contribution in [0.5, 0.6) is 5.75 Å². The molecule has 1 aliphatic heterocycles. The summed E-state index contributed by atoms with van der Waals surface area (Å²) in [5.74, 6) is 1.08. The third kappa shape index (κ3) is 3.19. The van der Waals surface area contributed by atoms with Crippen LogP contribution in [0.25, 0.3) is 33.2 Å². The lowest BCUT2D eigenvalue weighted by Crippen LogP contribution is -2.04. The van der Waals surface area contributed by atoms with Crippen LogP contribution in [-0.4, -0.2) is 31.3 Å². The molecule has 0 atom stereocenters. The van der Waals surface area contributed by atoms with Crippen LogP contribution in [0.4, 0.5) is 4.39 Å². The van der Waals surface area contributed by atoms with Crippen molar-refractivity contribution in [2.24, 2.45) is 0 Å². The second-order valence-corrected chi connectivity index (χ2v) is 8.18. The van der Waals surface area contributed by atoms with Crippen molar-refractivity contribution in [3.05, 3.63) is 53.7 Å². The minimum absolute atomic E-state index is 0.199. The molecule has 0 saturated heterocycles. The molecule has 0 spiro atoms. The van der Waals surface area contributed by atoms with Gasteiger partial charge in [0.1, 0.15) is 12.1 Å². The van der Waals surface area contributed by atoms with Gasteiger partial charge in [-0.05, 0) is 43.7 Å². The molecule has 0 fully saturated rings. The fourth-order valence-corrected chi connectivity index (χ4v) is 4.47. The molecule has 0 radical (unpaired) electrons. The third-order valence-electron chi connectivity index (χ3n) is 4.83. The van der Waals surface area contributed by atoms with E-state index in [1.807, 2.05) is 22.9 Å². The summed E-state index contributed by atoms with van der Waals surface area (Å²) in [4.78, 5) is 14.3. The van der Waals surface area contributed by atoms with Crippen LogP contribution in [0.1, 0.15) is 24.8 Å². The highest BCUT2D eigenvalue weighted by molar-refractivity contribution is 7.15. The SMILES string of the molecule is CC(C)n1ncnc1-c1nc2c(s1)CCOc1ccc(-c3ccc(F)nc3)cc1-2. The van der Waals surface area contributed by atoms with Gasteiger partial charge in [-0.15, -0.1) is 11.3 Å². The summed E-state index contributed by atoms with van der Waals surface area (Å²) in [5, 5.41) is 5.18. The third-order valence-corrected chi connectivity index (χ3v) is 5.94. The molecule has 0 saturated carbocycles. The summed E-state index contributed by atoms with van der Waals surface area (Å²) < 4.78 is 21.0. The molecule has 0 N–H and O–H groups in total. The zero-order chi connectivity index (χ0) is 20.0. The Balaban J connectivity index is 1.63. The molecule has 29 heavy (non-hydrogen) atoms. The zero-order valence-corrected chi connectivity index (χ0v) is 16.8. The average molecular weight is 407 g/mol. The molecule has 6 nitrogen and oxygen atoms in total. The van der Waals surface area contributed by atoms with Gasteiger partial charge in [0.25, 0.3) is 0 Å². The van der Waals surface area contributed by atoms with E-state index >= 15 is 0 Å². The first-order chi connectivity index (χ1) is 14.1. The number of halogens is 1. The van der Waals surface area contributed by atoms with Crippen molar-refractivity contribution in [3.63, 3.8) is 0 Å². The highest BCUT2D eigenvalue weighted by Crippen LogP contribution is 2.41. The van der Waals surface area contributed by atoms with Crippen molar-refractivity contribution in [1.29, 1.82) is 0 Å². The average Bonchev–Trinajstić information content (AvgIpc) is 3.33. The Kier molecular flexibility index (Phi) is 4.35. The fraction of sp³-hybridized carbons (Fsp3) is 0.238. The van der Waals surface area contributed by atoms with Crippen LogP contribution in [0, 0.1) is 5.95 Å². The molecular formula is C21H18FN5OS. The second-order valence-electron chi connectivity index (χ2n) is 7.09. The van der Waals surface area contributed by atoms with Gasteiger partial charge in [-0.2, -0.15) is 9.49 Å². The van der Waals surface area contributed by atoms with Crippen molar-refractivity contribution in [3.8, 4) is 39.0 Å². The van der Waals surface area contributed by atoms with E-state index < -0.39 is 5.95 Å². The van der Waals surface area contributed by atoms with Crippen LogP contribution in [0.15, 0.2) is 42.9 Å². The number of thiazole rings is 1. The van der Waals surface area contributed by atoms with Crippen LogP contribution in [0.3, 0.4) is 0 Å². The van der Waals surface area contributed by atoms with E-state index in [0.29, 0.717) is 6.61 Å². The van der Waals surface area contributed by atoms with Crippen molar-refractivity contribution >= 4 is 11.3 Å². The summed E-state index contributed by atoms with van der Waals surface area (Å²) in [6.07, 6.45) is 3.89. The Morgan fingerprint density at radius 2 is 2.00 bits per heavy atom. The van der Waals surface area contributed by atoms with Crippen molar-refractivity contribution in [2.75, 3.05) is 6.61 Å². The van der Waals surface area contributed by atoms with E-state index in [1.54, 1.807) is 23.7 Å². The van der Waals surface area contributed by atoms with E-state index in [2.05, 4.69) is 28.9 Å². The van der Waals surface area contributed by atoms with Crippen LogP contribution in [0.2, 0.25) is 0 Å². The van der Waals surface area contributed by atoms with Gasteiger partial charge in [-0.1, -0.05) is 6.07 Å². The Bertz CT molecular complexity index is 1180. The molecular weight excluding hydrogens is 389 g/mol. The zero-order valence-electron chi connectivity index (χ0n) is 16.0. The Morgan fingerprint density at radius 1 is 1.14 bits per heavy atom. The van der Waals surface area contributed by atoms with E-state index in [-0.39, 0.29) is 6.04 Å². The monoisotopic (exact) mass is 407 g/mol. The lowest BCUT2D eigenvalue weighted by molar-refractivity contribution is 0.327. The van der Waals surface area contributed by atoms with E-state index in [0.717, 1.165) is 50.3 Å². The first kappa shape index (κ1) is 17.9. The Hall–Kier alpha value is -3.13. The number of hydrogen-bond acceptors (Lipinski definition) is 6. The van der Waals surface area contributed by atoms with Crippen molar-refractivity contribution in [1.82, 2.24) is 24.7 Å². The van der Waals surface area contributed by atoms with Gasteiger partial charge in [-0.3, -0.25) is 0 Å². The summed E-state index contributed by atoms with van der Waals surface area (Å²) in [6, 6.07) is 9.22. The number of pyridine rings is 1. The molecule has 1 aromatic carbocycles. The second kappa shape index (κ2) is 7.04. The summed E-state index contributed by atoms with van der Waals surface area (Å²) in [6.45, 7) is 4.74. The van der Waals surface area contributed by atoms with Gasteiger partial charge < -0.3 is 4.74 Å². The lowest BCUT2D eigenvalue weighted by atomic mass is 10.0. The lowest BCUT2D eigenvalue weighted by Gasteiger charge is -2.10. The predicted molar refractivity (Wildman–Crippen MR) is 109 cm³/mol. The van der Waals surface area contributed by atoms with Crippen molar-refractivity contribution < 1.29 is 9.13 Å². The minimum atomic E-state index is -0.493. The minimum Gasteiger partial charge on any atom is -0.493 e. The number of hydrogen-bond donors (Lipinski definition) is 0. The van der Waals surface area contributed by atoms with E-state index in [1.165, 1.54) is 12.3 Å². The first-order valence-corrected chi connectivity index (χ1v) is 10.2. The predicted octanol–water partition coefficient (Wildman–Crippen LogP) is 4.79. The molecule has 3 aromatic heterocycles. The number of aromatic nitrogens is 5. The topological polar surface area (TPSA) is 65.7 Å². The summed E-state index contributed by atoms with van der Waals surface area (Å²) in [5.41, 5.74) is 3.62. The van der Waals surface area contributed by atoms with Gasteiger partial charge in [0, 0.05) is 34.7 Å². The normalized spacial score (nSPS) is 13.0. The molecule has 4 aromatic rings. The molecule has 0 amide bonds. The largest absolute Gasteiger partial charge is 0.493 e. The number of ether oxygens (including phenoxy) is 1. The number of rotatable bonds is 3. The van der Waals surface area contributed by atoms with Gasteiger partial charge in [0.05, 0.1) is 12.3 Å². The molecule has 0 unspecified atom stereocenters. The quantitative estimate of drug-likeness (QED) is 0.457. The number of fused-ring (bicyclic) bond motifs is 3. The van der Waals surface area contributed by atoms with E-state index in [9.17, 15) is 4.39 Å². The molecule has 5 rings (SSSR count). The molecule has 0 aliphatic carbocycles. The maximum atomic E-state index is 13.2. The van der Waals surface area contributed by atoms with Crippen molar-refractivity contribution in [2.45, 2.75) is 26.3 Å². The standard InChI is InChI=1S/C21H18FN5OS/c1-12(2)27-20(24-11-25-27)21-26-19-15-9-13(14-4-6-18(22)23-10-14)3-5-16(15)28-8-7-17(19)29-21/h3-6,9-12H,7-8H2,1-2H3.